The van der Waals surface area contributed by atoms with Gasteiger partial charge in [0, 0.05) is 13.1 Å². The lowest BCUT2D eigenvalue weighted by Crippen LogP contribution is -2.50. The van der Waals surface area contributed by atoms with Gasteiger partial charge in [-0.1, -0.05) is 43.7 Å². The van der Waals surface area contributed by atoms with Crippen LogP contribution in [0.25, 0.3) is 0 Å². The summed E-state index contributed by atoms with van der Waals surface area (Å²) >= 11 is 0. The zero-order chi connectivity index (χ0) is 21.2. The quantitative estimate of drug-likeness (QED) is 0.659. The SMILES string of the molecule is CCCNC(=O)[C@H](CC)N(Cc1ccc(F)cc1)C(=O)COc1ccc(C)cc1. The summed E-state index contributed by atoms with van der Waals surface area (Å²) in [7, 11) is 0. The maximum Gasteiger partial charge on any atom is 0.261 e. The van der Waals surface area contributed by atoms with Gasteiger partial charge in [-0.25, -0.2) is 4.39 Å². The van der Waals surface area contributed by atoms with E-state index in [-0.39, 0.29) is 30.8 Å². The number of hydrogen-bond donors (Lipinski definition) is 1. The van der Waals surface area contributed by atoms with E-state index in [9.17, 15) is 14.0 Å². The fourth-order valence-corrected chi connectivity index (χ4v) is 2.93. The molecular weight excluding hydrogens is 371 g/mol. The molecule has 0 fully saturated rings. The van der Waals surface area contributed by atoms with Crippen molar-refractivity contribution >= 4 is 11.8 Å². The third-order valence-corrected chi connectivity index (χ3v) is 4.58. The first-order valence-corrected chi connectivity index (χ1v) is 9.95. The van der Waals surface area contributed by atoms with E-state index in [0.29, 0.717) is 18.7 Å². The molecule has 2 amide bonds. The molecule has 0 aliphatic heterocycles. The highest BCUT2D eigenvalue weighted by Crippen LogP contribution is 2.15. The molecular formula is C23H29FN2O3. The van der Waals surface area contributed by atoms with Gasteiger partial charge in [0.2, 0.25) is 5.91 Å². The molecule has 2 aromatic rings. The van der Waals surface area contributed by atoms with Crippen LogP contribution in [0.5, 0.6) is 5.75 Å². The molecule has 0 saturated carbocycles. The molecule has 1 N–H and O–H groups in total. The molecule has 0 radical (unpaired) electrons. The molecule has 2 aromatic carbocycles. The number of ether oxygens (including phenoxy) is 1. The van der Waals surface area contributed by atoms with Gasteiger partial charge in [0.1, 0.15) is 17.6 Å². The molecule has 0 saturated heterocycles. The largest absolute Gasteiger partial charge is 0.484 e. The van der Waals surface area contributed by atoms with Crippen molar-refractivity contribution in [3.05, 3.63) is 65.5 Å². The van der Waals surface area contributed by atoms with E-state index in [1.165, 1.54) is 17.0 Å². The first-order valence-electron chi connectivity index (χ1n) is 9.95. The van der Waals surface area contributed by atoms with Crippen molar-refractivity contribution in [1.29, 1.82) is 0 Å². The van der Waals surface area contributed by atoms with Gasteiger partial charge in [-0.3, -0.25) is 9.59 Å². The second kappa shape index (κ2) is 11.2. The van der Waals surface area contributed by atoms with E-state index in [2.05, 4.69) is 5.32 Å². The Hall–Kier alpha value is -2.89. The van der Waals surface area contributed by atoms with Crippen molar-refractivity contribution < 1.29 is 18.7 Å². The van der Waals surface area contributed by atoms with Gasteiger partial charge in [-0.05, 0) is 49.6 Å². The monoisotopic (exact) mass is 400 g/mol. The van der Waals surface area contributed by atoms with Crippen molar-refractivity contribution in [3.8, 4) is 5.75 Å². The Balaban J connectivity index is 2.16. The van der Waals surface area contributed by atoms with Crippen molar-refractivity contribution in [2.45, 2.75) is 46.2 Å². The maximum atomic E-state index is 13.2. The Bertz CT molecular complexity index is 791. The van der Waals surface area contributed by atoms with Crippen LogP contribution in [0, 0.1) is 12.7 Å². The van der Waals surface area contributed by atoms with Gasteiger partial charge < -0.3 is 15.0 Å². The zero-order valence-corrected chi connectivity index (χ0v) is 17.3. The number of carbonyl (C=O) groups excluding carboxylic acids is 2. The predicted octanol–water partition coefficient (Wildman–Crippen LogP) is 3.85. The standard InChI is InChI=1S/C23H29FN2O3/c1-4-14-25-23(28)21(5-2)26(15-18-8-10-19(24)11-9-18)22(27)16-29-20-12-6-17(3)7-13-20/h6-13,21H,4-5,14-16H2,1-3H3,(H,25,28)/t21-/m0/s1. The number of nitrogens with one attached hydrogen (secondary N) is 1. The van der Waals surface area contributed by atoms with E-state index >= 15 is 0 Å². The van der Waals surface area contributed by atoms with Crippen LogP contribution in [0.2, 0.25) is 0 Å². The molecule has 6 heteroatoms. The molecule has 0 heterocycles. The number of rotatable bonds is 10. The molecule has 0 aliphatic carbocycles. The molecule has 0 aromatic heterocycles. The van der Waals surface area contributed by atoms with Crippen LogP contribution in [-0.4, -0.2) is 35.9 Å². The topological polar surface area (TPSA) is 58.6 Å². The fourth-order valence-electron chi connectivity index (χ4n) is 2.93. The summed E-state index contributed by atoms with van der Waals surface area (Å²) in [5, 5.41) is 2.86. The van der Waals surface area contributed by atoms with Crippen molar-refractivity contribution in [2.75, 3.05) is 13.2 Å². The highest BCUT2D eigenvalue weighted by atomic mass is 19.1. The average molecular weight is 400 g/mol. The maximum absolute atomic E-state index is 13.2. The van der Waals surface area contributed by atoms with Gasteiger partial charge in [-0.2, -0.15) is 0 Å². The number of carbonyl (C=O) groups is 2. The van der Waals surface area contributed by atoms with Crippen LogP contribution in [0.15, 0.2) is 48.5 Å². The lowest BCUT2D eigenvalue weighted by Gasteiger charge is -2.30. The molecule has 29 heavy (non-hydrogen) atoms. The zero-order valence-electron chi connectivity index (χ0n) is 17.3. The summed E-state index contributed by atoms with van der Waals surface area (Å²) in [6.45, 7) is 6.38. The van der Waals surface area contributed by atoms with Crippen LogP contribution >= 0.6 is 0 Å². The Kier molecular flexibility index (Phi) is 8.65. The van der Waals surface area contributed by atoms with Crippen molar-refractivity contribution in [2.24, 2.45) is 0 Å². The highest BCUT2D eigenvalue weighted by molar-refractivity contribution is 5.88. The Labute approximate surface area is 171 Å². The normalized spacial score (nSPS) is 11.6. The minimum atomic E-state index is -0.624. The predicted molar refractivity (Wildman–Crippen MR) is 111 cm³/mol. The summed E-state index contributed by atoms with van der Waals surface area (Å²) in [6.07, 6.45) is 1.28. The number of hydrogen-bond acceptors (Lipinski definition) is 3. The number of nitrogens with zero attached hydrogens (tertiary/aromatic N) is 1. The summed E-state index contributed by atoms with van der Waals surface area (Å²) < 4.78 is 18.9. The number of amides is 2. The van der Waals surface area contributed by atoms with E-state index in [1.54, 1.807) is 24.3 Å². The first-order chi connectivity index (χ1) is 13.9. The summed E-state index contributed by atoms with van der Waals surface area (Å²) in [4.78, 5) is 27.1. The Morgan fingerprint density at radius 2 is 1.72 bits per heavy atom. The third kappa shape index (κ3) is 6.89. The second-order valence-electron chi connectivity index (χ2n) is 6.96. The summed E-state index contributed by atoms with van der Waals surface area (Å²) in [5.41, 5.74) is 1.84. The molecule has 1 atom stereocenters. The highest BCUT2D eigenvalue weighted by Gasteiger charge is 2.28. The van der Waals surface area contributed by atoms with Gasteiger partial charge in [0.25, 0.3) is 5.91 Å². The van der Waals surface area contributed by atoms with Crippen LogP contribution in [-0.2, 0) is 16.1 Å². The minimum Gasteiger partial charge on any atom is -0.484 e. The molecule has 2 rings (SSSR count). The number of halogens is 1. The van der Waals surface area contributed by atoms with E-state index in [4.69, 9.17) is 4.74 Å². The lowest BCUT2D eigenvalue weighted by atomic mass is 10.1. The van der Waals surface area contributed by atoms with E-state index in [0.717, 1.165) is 17.5 Å². The summed E-state index contributed by atoms with van der Waals surface area (Å²) in [6, 6.07) is 12.7. The number of benzene rings is 2. The molecule has 5 nitrogen and oxygen atoms in total. The third-order valence-electron chi connectivity index (χ3n) is 4.58. The smallest absolute Gasteiger partial charge is 0.261 e. The van der Waals surface area contributed by atoms with Crippen LogP contribution in [0.3, 0.4) is 0 Å². The van der Waals surface area contributed by atoms with Gasteiger partial charge in [0.15, 0.2) is 6.61 Å². The molecule has 0 bridgehead atoms. The first kappa shape index (κ1) is 22.4. The van der Waals surface area contributed by atoms with Crippen LogP contribution < -0.4 is 10.1 Å². The number of aryl methyl sites for hydroxylation is 1. The van der Waals surface area contributed by atoms with Crippen molar-refractivity contribution in [3.63, 3.8) is 0 Å². The molecule has 0 unspecified atom stereocenters. The Morgan fingerprint density at radius 1 is 1.07 bits per heavy atom. The van der Waals surface area contributed by atoms with E-state index in [1.807, 2.05) is 32.9 Å². The molecule has 0 spiro atoms. The molecule has 156 valence electrons. The second-order valence-corrected chi connectivity index (χ2v) is 6.96. The lowest BCUT2D eigenvalue weighted by molar-refractivity contribution is -0.143. The molecule has 0 aliphatic rings. The van der Waals surface area contributed by atoms with Crippen LogP contribution in [0.4, 0.5) is 4.39 Å². The van der Waals surface area contributed by atoms with Gasteiger partial charge >= 0.3 is 0 Å². The average Bonchev–Trinajstić information content (AvgIpc) is 2.72. The van der Waals surface area contributed by atoms with Gasteiger partial charge in [-0.15, -0.1) is 0 Å². The Morgan fingerprint density at radius 3 is 2.31 bits per heavy atom. The summed E-state index contributed by atoms with van der Waals surface area (Å²) in [5.74, 6) is -0.246. The minimum absolute atomic E-state index is 0.179. The van der Waals surface area contributed by atoms with E-state index < -0.39 is 6.04 Å². The van der Waals surface area contributed by atoms with Crippen molar-refractivity contribution in [1.82, 2.24) is 10.2 Å². The van der Waals surface area contributed by atoms with Crippen LogP contribution in [0.1, 0.15) is 37.8 Å². The van der Waals surface area contributed by atoms with Gasteiger partial charge in [0.05, 0.1) is 0 Å². The fraction of sp³-hybridized carbons (Fsp3) is 0.391.